The van der Waals surface area contributed by atoms with Crippen LogP contribution in [0.4, 0.5) is 13.2 Å². The van der Waals surface area contributed by atoms with Crippen molar-refractivity contribution in [1.29, 1.82) is 0 Å². The number of amides is 1. The number of alkyl halides is 3. The van der Waals surface area contributed by atoms with Gasteiger partial charge in [-0.2, -0.15) is 18.2 Å². The van der Waals surface area contributed by atoms with E-state index in [0.717, 1.165) is 5.56 Å². The zero-order valence-corrected chi connectivity index (χ0v) is 15.9. The summed E-state index contributed by atoms with van der Waals surface area (Å²) in [7, 11) is 0. The van der Waals surface area contributed by atoms with Gasteiger partial charge in [0.05, 0.1) is 18.7 Å². The molecule has 0 unspecified atom stereocenters. The van der Waals surface area contributed by atoms with Crippen molar-refractivity contribution in [1.82, 2.24) is 24.8 Å². The maximum absolute atomic E-state index is 12.6. The monoisotopic (exact) mass is 435 g/mol. The lowest BCUT2D eigenvalue weighted by atomic mass is 10.1. The van der Waals surface area contributed by atoms with E-state index in [2.05, 4.69) is 25.0 Å². The molecule has 4 aromatic rings. The summed E-state index contributed by atoms with van der Waals surface area (Å²) in [4.78, 5) is 19.8. The minimum atomic E-state index is -4.71. The number of nitrogens with zero attached hydrogens (tertiary/aromatic N) is 4. The fourth-order valence-corrected chi connectivity index (χ4v) is 2.88. The Kier molecular flexibility index (Phi) is 5.17. The maximum Gasteiger partial charge on any atom is 0.471 e. The summed E-state index contributed by atoms with van der Waals surface area (Å²) in [6.07, 6.45) is -1.31. The van der Waals surface area contributed by atoms with E-state index < -0.39 is 12.1 Å². The third-order valence-corrected chi connectivity index (χ3v) is 4.42. The molecule has 154 valence electrons. The Bertz CT molecular complexity index is 1200. The number of hydrogen-bond acceptors (Lipinski definition) is 5. The van der Waals surface area contributed by atoms with Crippen molar-refractivity contribution in [2.24, 2.45) is 0 Å². The number of aromatic nitrogens is 4. The van der Waals surface area contributed by atoms with E-state index in [1.165, 1.54) is 12.3 Å². The summed E-state index contributed by atoms with van der Waals surface area (Å²) in [6.45, 7) is 0.198. The van der Waals surface area contributed by atoms with Crippen molar-refractivity contribution in [3.63, 3.8) is 0 Å². The standard InChI is InChI=1S/C19H13ClF3N5O2/c20-13-4-1-11(2-5-13)7-16(29)24-8-14-10-28-9-12(3-6-15(28)25-14)17-26-18(30-27-17)19(21,22)23/h1-6,9-10H,7-8H2,(H,24,29). The van der Waals surface area contributed by atoms with Gasteiger partial charge in [-0.25, -0.2) is 4.98 Å². The number of imidazole rings is 1. The van der Waals surface area contributed by atoms with Gasteiger partial charge in [-0.3, -0.25) is 4.79 Å². The number of halogens is 4. The molecule has 0 fully saturated rings. The fraction of sp³-hybridized carbons (Fsp3) is 0.158. The molecule has 1 aromatic carbocycles. The van der Waals surface area contributed by atoms with E-state index in [1.54, 1.807) is 40.9 Å². The Labute approximate surface area is 172 Å². The van der Waals surface area contributed by atoms with Gasteiger partial charge in [0.1, 0.15) is 5.65 Å². The summed E-state index contributed by atoms with van der Waals surface area (Å²) in [6, 6.07) is 10.1. The van der Waals surface area contributed by atoms with E-state index in [-0.39, 0.29) is 24.7 Å². The Hall–Kier alpha value is -3.40. The number of carbonyl (C=O) groups is 1. The number of pyridine rings is 1. The molecule has 3 aromatic heterocycles. The summed E-state index contributed by atoms with van der Waals surface area (Å²) >= 11 is 5.83. The lowest BCUT2D eigenvalue weighted by molar-refractivity contribution is -0.159. The van der Waals surface area contributed by atoms with Crippen LogP contribution >= 0.6 is 11.6 Å². The van der Waals surface area contributed by atoms with Gasteiger partial charge in [0.2, 0.25) is 11.7 Å². The Morgan fingerprint density at radius 2 is 1.87 bits per heavy atom. The minimum Gasteiger partial charge on any atom is -0.350 e. The average molecular weight is 436 g/mol. The first-order valence-corrected chi connectivity index (χ1v) is 9.06. The third kappa shape index (κ3) is 4.43. The summed E-state index contributed by atoms with van der Waals surface area (Å²) < 4.78 is 43.7. The lowest BCUT2D eigenvalue weighted by Gasteiger charge is -2.03. The first kappa shape index (κ1) is 19.9. The Morgan fingerprint density at radius 3 is 2.57 bits per heavy atom. The van der Waals surface area contributed by atoms with E-state index in [0.29, 0.717) is 21.9 Å². The molecule has 0 spiro atoms. The van der Waals surface area contributed by atoms with E-state index in [4.69, 9.17) is 11.6 Å². The molecule has 11 heteroatoms. The van der Waals surface area contributed by atoms with Crippen LogP contribution in [0.2, 0.25) is 5.02 Å². The number of benzene rings is 1. The second kappa shape index (κ2) is 7.79. The van der Waals surface area contributed by atoms with Crippen molar-refractivity contribution < 1.29 is 22.5 Å². The highest BCUT2D eigenvalue weighted by atomic mass is 35.5. The van der Waals surface area contributed by atoms with Gasteiger partial charge in [-0.15, -0.1) is 0 Å². The summed E-state index contributed by atoms with van der Waals surface area (Å²) in [5, 5.41) is 6.74. The molecule has 0 bridgehead atoms. The van der Waals surface area contributed by atoms with E-state index in [9.17, 15) is 18.0 Å². The predicted octanol–water partition coefficient (Wildman–Crippen LogP) is 3.92. The van der Waals surface area contributed by atoms with E-state index >= 15 is 0 Å². The molecule has 0 saturated heterocycles. The highest BCUT2D eigenvalue weighted by molar-refractivity contribution is 6.30. The molecule has 7 nitrogen and oxygen atoms in total. The fourth-order valence-electron chi connectivity index (χ4n) is 2.76. The first-order valence-electron chi connectivity index (χ1n) is 8.68. The van der Waals surface area contributed by atoms with Crippen molar-refractivity contribution in [2.75, 3.05) is 0 Å². The number of nitrogens with one attached hydrogen (secondary N) is 1. The van der Waals surface area contributed by atoms with Crippen LogP contribution in [0.15, 0.2) is 53.3 Å². The van der Waals surface area contributed by atoms with Crippen LogP contribution in [-0.4, -0.2) is 25.4 Å². The zero-order chi connectivity index (χ0) is 21.3. The average Bonchev–Trinajstić information content (AvgIpc) is 3.34. The molecule has 0 saturated carbocycles. The zero-order valence-electron chi connectivity index (χ0n) is 15.2. The molecule has 0 radical (unpaired) electrons. The van der Waals surface area contributed by atoms with Crippen LogP contribution in [0.5, 0.6) is 0 Å². The molecule has 0 aliphatic carbocycles. The normalized spacial score (nSPS) is 11.7. The molecule has 0 aliphatic rings. The molecule has 30 heavy (non-hydrogen) atoms. The van der Waals surface area contributed by atoms with Gasteiger partial charge in [0.25, 0.3) is 0 Å². The molecule has 0 aliphatic heterocycles. The Balaban J connectivity index is 1.44. The van der Waals surface area contributed by atoms with Crippen molar-refractivity contribution in [3.05, 3.63) is 71.0 Å². The smallest absolute Gasteiger partial charge is 0.350 e. The predicted molar refractivity (Wildman–Crippen MR) is 100 cm³/mol. The van der Waals surface area contributed by atoms with Crippen LogP contribution in [0.25, 0.3) is 17.0 Å². The largest absolute Gasteiger partial charge is 0.471 e. The van der Waals surface area contributed by atoms with Crippen LogP contribution in [-0.2, 0) is 23.9 Å². The van der Waals surface area contributed by atoms with Crippen molar-refractivity contribution in [2.45, 2.75) is 19.1 Å². The SMILES string of the molecule is O=C(Cc1ccc(Cl)cc1)NCc1cn2cc(-c3noc(C(F)(F)F)n3)ccc2n1. The number of hydrogen-bond donors (Lipinski definition) is 1. The minimum absolute atomic E-state index is 0.179. The van der Waals surface area contributed by atoms with Crippen LogP contribution in [0.1, 0.15) is 17.1 Å². The quantitative estimate of drug-likeness (QED) is 0.513. The highest BCUT2D eigenvalue weighted by Gasteiger charge is 2.38. The van der Waals surface area contributed by atoms with Gasteiger partial charge in [-0.1, -0.05) is 28.9 Å². The van der Waals surface area contributed by atoms with Crippen LogP contribution in [0, 0.1) is 0 Å². The first-order chi connectivity index (χ1) is 14.3. The molecule has 4 rings (SSSR count). The van der Waals surface area contributed by atoms with Gasteiger partial charge in [0, 0.05) is 23.0 Å². The van der Waals surface area contributed by atoms with Crippen molar-refractivity contribution in [3.8, 4) is 11.4 Å². The topological polar surface area (TPSA) is 85.3 Å². The highest BCUT2D eigenvalue weighted by Crippen LogP contribution is 2.29. The molecule has 3 heterocycles. The second-order valence-electron chi connectivity index (χ2n) is 6.42. The summed E-state index contributed by atoms with van der Waals surface area (Å²) in [5.41, 5.74) is 2.30. The van der Waals surface area contributed by atoms with Gasteiger partial charge >= 0.3 is 12.1 Å². The maximum atomic E-state index is 12.6. The van der Waals surface area contributed by atoms with Gasteiger partial charge in [-0.05, 0) is 29.8 Å². The van der Waals surface area contributed by atoms with Crippen LogP contribution < -0.4 is 5.32 Å². The van der Waals surface area contributed by atoms with Gasteiger partial charge < -0.3 is 14.2 Å². The summed E-state index contributed by atoms with van der Waals surface area (Å²) in [5.74, 6) is -1.77. The number of rotatable bonds is 5. The molecular weight excluding hydrogens is 423 g/mol. The molecule has 1 amide bonds. The van der Waals surface area contributed by atoms with E-state index in [1.807, 2.05) is 0 Å². The van der Waals surface area contributed by atoms with Crippen LogP contribution in [0.3, 0.4) is 0 Å². The second-order valence-corrected chi connectivity index (χ2v) is 6.85. The van der Waals surface area contributed by atoms with Crippen molar-refractivity contribution >= 4 is 23.2 Å². The number of carbonyl (C=O) groups excluding carboxylic acids is 1. The molecule has 0 atom stereocenters. The number of fused-ring (bicyclic) bond motifs is 1. The third-order valence-electron chi connectivity index (χ3n) is 4.17. The molecular formula is C19H13ClF3N5O2. The van der Waals surface area contributed by atoms with Gasteiger partial charge in [0.15, 0.2) is 0 Å². The molecule has 1 N–H and O–H groups in total. The lowest BCUT2D eigenvalue weighted by Crippen LogP contribution is -2.24. The Morgan fingerprint density at radius 1 is 1.10 bits per heavy atom.